The van der Waals surface area contributed by atoms with Crippen molar-refractivity contribution in [2.45, 2.75) is 38.0 Å². The average Bonchev–Trinajstić information content (AvgIpc) is 2.90. The highest BCUT2D eigenvalue weighted by molar-refractivity contribution is 6.00. The van der Waals surface area contributed by atoms with Gasteiger partial charge in [-0.25, -0.2) is 19.4 Å². The zero-order valence-corrected chi connectivity index (χ0v) is 20.4. The van der Waals surface area contributed by atoms with Gasteiger partial charge in [-0.2, -0.15) is 0 Å². The van der Waals surface area contributed by atoms with E-state index in [4.69, 9.17) is 15.2 Å². The standard InChI is InChI=1S/C27H28N4O6/c1-35-24-12-7-18(17-5-3-2-4-6-17)15-22(24)31-27(34)30-19-8-10-20(11-9-19)36-21-13-14-29-23(16-21)25(32)37-26(28)33/h7-17H,2-6H2,1H3,(H2,28,33)(H2,30,31,34). The molecule has 1 aromatic heterocycles. The summed E-state index contributed by atoms with van der Waals surface area (Å²) >= 11 is 0. The van der Waals surface area contributed by atoms with Gasteiger partial charge in [0, 0.05) is 18.0 Å². The molecule has 3 aromatic rings. The molecule has 0 aliphatic heterocycles. The number of hydrogen-bond donors (Lipinski definition) is 3. The SMILES string of the molecule is COc1ccc(C2CCCCC2)cc1NC(=O)Nc1ccc(Oc2ccnc(C(=O)OC(N)=O)c2)cc1. The molecular weight excluding hydrogens is 476 g/mol. The zero-order valence-electron chi connectivity index (χ0n) is 20.4. The van der Waals surface area contributed by atoms with Gasteiger partial charge >= 0.3 is 18.1 Å². The van der Waals surface area contributed by atoms with Gasteiger partial charge in [0.2, 0.25) is 0 Å². The molecule has 10 nitrogen and oxygen atoms in total. The highest BCUT2D eigenvalue weighted by Gasteiger charge is 2.18. The van der Waals surface area contributed by atoms with Crippen LogP contribution in [0.25, 0.3) is 0 Å². The summed E-state index contributed by atoms with van der Waals surface area (Å²) < 4.78 is 15.5. The van der Waals surface area contributed by atoms with Gasteiger partial charge in [0.15, 0.2) is 5.69 Å². The number of pyridine rings is 1. The van der Waals surface area contributed by atoms with Crippen LogP contribution >= 0.6 is 0 Å². The van der Waals surface area contributed by atoms with Gasteiger partial charge in [0.25, 0.3) is 0 Å². The van der Waals surface area contributed by atoms with Crippen LogP contribution in [0.1, 0.15) is 54.1 Å². The van der Waals surface area contributed by atoms with E-state index in [-0.39, 0.29) is 5.69 Å². The molecule has 1 heterocycles. The molecule has 1 saturated carbocycles. The smallest absolute Gasteiger partial charge is 0.412 e. The van der Waals surface area contributed by atoms with Crippen molar-refractivity contribution in [2.24, 2.45) is 5.73 Å². The van der Waals surface area contributed by atoms with E-state index >= 15 is 0 Å². The highest BCUT2D eigenvalue weighted by atomic mass is 16.6. The summed E-state index contributed by atoms with van der Waals surface area (Å²) in [5, 5.41) is 5.68. The van der Waals surface area contributed by atoms with Crippen molar-refractivity contribution in [3.8, 4) is 17.2 Å². The first-order valence-electron chi connectivity index (χ1n) is 11.9. The molecule has 0 atom stereocenters. The lowest BCUT2D eigenvalue weighted by Gasteiger charge is -2.23. The maximum atomic E-state index is 12.7. The molecule has 0 spiro atoms. The zero-order chi connectivity index (χ0) is 26.2. The number of amides is 3. The Labute approximate surface area is 214 Å². The van der Waals surface area contributed by atoms with E-state index in [1.165, 1.54) is 43.2 Å². The lowest BCUT2D eigenvalue weighted by Crippen LogP contribution is -2.20. The van der Waals surface area contributed by atoms with Crippen LogP contribution < -0.4 is 25.8 Å². The van der Waals surface area contributed by atoms with Gasteiger partial charge in [-0.05, 0) is 66.8 Å². The third-order valence-corrected chi connectivity index (χ3v) is 6.03. The van der Waals surface area contributed by atoms with Crippen LogP contribution in [-0.2, 0) is 4.74 Å². The predicted octanol–water partition coefficient (Wildman–Crippen LogP) is 5.81. The first-order chi connectivity index (χ1) is 17.9. The number of methoxy groups -OCH3 is 1. The quantitative estimate of drug-likeness (QED) is 0.272. The first-order valence-corrected chi connectivity index (χ1v) is 11.9. The van der Waals surface area contributed by atoms with Crippen molar-refractivity contribution in [1.29, 1.82) is 0 Å². The van der Waals surface area contributed by atoms with E-state index in [0.717, 1.165) is 12.8 Å². The van der Waals surface area contributed by atoms with Crippen LogP contribution in [0.2, 0.25) is 0 Å². The van der Waals surface area contributed by atoms with Crippen LogP contribution in [0.3, 0.4) is 0 Å². The molecule has 10 heteroatoms. The van der Waals surface area contributed by atoms with Crippen LogP contribution in [0, 0.1) is 0 Å². The van der Waals surface area contributed by atoms with Gasteiger partial charge < -0.3 is 30.6 Å². The fraction of sp³-hybridized carbons (Fsp3) is 0.259. The average molecular weight is 505 g/mol. The number of carbonyl (C=O) groups is 3. The predicted molar refractivity (Wildman–Crippen MR) is 137 cm³/mol. The maximum absolute atomic E-state index is 12.7. The Morgan fingerprint density at radius 1 is 0.919 bits per heavy atom. The second-order valence-electron chi connectivity index (χ2n) is 8.59. The van der Waals surface area contributed by atoms with Crippen LogP contribution in [-0.4, -0.2) is 30.2 Å². The fourth-order valence-corrected chi connectivity index (χ4v) is 4.27. The van der Waals surface area contributed by atoms with E-state index in [1.807, 2.05) is 12.1 Å². The summed E-state index contributed by atoms with van der Waals surface area (Å²) in [4.78, 5) is 39.1. The number of nitrogens with one attached hydrogen (secondary N) is 2. The molecular formula is C27H28N4O6. The number of anilines is 2. The lowest BCUT2D eigenvalue weighted by molar-refractivity contribution is 0.0631. The number of primary amides is 1. The summed E-state index contributed by atoms with van der Waals surface area (Å²) in [6.45, 7) is 0. The number of nitrogens with two attached hydrogens (primary N) is 1. The molecule has 37 heavy (non-hydrogen) atoms. The van der Waals surface area contributed by atoms with Gasteiger partial charge in [0.1, 0.15) is 17.2 Å². The highest BCUT2D eigenvalue weighted by Crippen LogP contribution is 2.36. The van der Waals surface area contributed by atoms with E-state index in [9.17, 15) is 14.4 Å². The third-order valence-electron chi connectivity index (χ3n) is 6.03. The Hall–Kier alpha value is -4.60. The fourth-order valence-electron chi connectivity index (χ4n) is 4.27. The number of ether oxygens (including phenoxy) is 3. The van der Waals surface area contributed by atoms with Crippen molar-refractivity contribution < 1.29 is 28.6 Å². The Morgan fingerprint density at radius 3 is 2.38 bits per heavy atom. The van der Waals surface area contributed by atoms with Crippen molar-refractivity contribution in [1.82, 2.24) is 4.98 Å². The van der Waals surface area contributed by atoms with Gasteiger partial charge in [-0.15, -0.1) is 0 Å². The molecule has 1 aliphatic carbocycles. The van der Waals surface area contributed by atoms with Crippen molar-refractivity contribution in [2.75, 3.05) is 17.7 Å². The molecule has 2 aromatic carbocycles. The van der Waals surface area contributed by atoms with Crippen LogP contribution in [0.4, 0.5) is 21.0 Å². The monoisotopic (exact) mass is 504 g/mol. The van der Waals surface area contributed by atoms with Gasteiger partial charge in [0.05, 0.1) is 12.8 Å². The maximum Gasteiger partial charge on any atom is 0.412 e. The molecule has 1 aliphatic rings. The minimum atomic E-state index is -1.22. The normalized spacial score (nSPS) is 13.3. The van der Waals surface area contributed by atoms with Crippen LogP contribution in [0.5, 0.6) is 17.2 Å². The summed E-state index contributed by atoms with van der Waals surface area (Å²) in [5.74, 6) is 0.864. The summed E-state index contributed by atoms with van der Waals surface area (Å²) in [6, 6.07) is 15.1. The topological polar surface area (TPSA) is 142 Å². The largest absolute Gasteiger partial charge is 0.495 e. The molecule has 4 N–H and O–H groups in total. The number of benzene rings is 2. The second-order valence-corrected chi connectivity index (χ2v) is 8.59. The lowest BCUT2D eigenvalue weighted by atomic mass is 9.84. The number of carbonyl (C=O) groups excluding carboxylic acids is 3. The Bertz CT molecular complexity index is 1270. The summed E-state index contributed by atoms with van der Waals surface area (Å²) in [5.41, 5.74) is 7.10. The van der Waals surface area contributed by atoms with Gasteiger partial charge in [-0.1, -0.05) is 25.3 Å². The molecule has 0 radical (unpaired) electrons. The Balaban J connectivity index is 1.37. The van der Waals surface area contributed by atoms with Crippen molar-refractivity contribution in [3.63, 3.8) is 0 Å². The molecule has 192 valence electrons. The number of urea groups is 1. The van der Waals surface area contributed by atoms with Gasteiger partial charge in [-0.3, -0.25) is 0 Å². The summed E-state index contributed by atoms with van der Waals surface area (Å²) in [7, 11) is 1.57. The third kappa shape index (κ3) is 6.97. The first kappa shape index (κ1) is 25.5. The molecule has 1 fully saturated rings. The number of hydrogen-bond acceptors (Lipinski definition) is 7. The number of esters is 1. The van der Waals surface area contributed by atoms with E-state index < -0.39 is 18.1 Å². The van der Waals surface area contributed by atoms with Crippen LogP contribution in [0.15, 0.2) is 60.8 Å². The Kier molecular flexibility index (Phi) is 8.19. The van der Waals surface area contributed by atoms with Crippen molar-refractivity contribution >= 4 is 29.5 Å². The molecule has 0 unspecified atom stereocenters. The minimum Gasteiger partial charge on any atom is -0.495 e. The molecule has 0 saturated heterocycles. The minimum absolute atomic E-state index is 0.130. The van der Waals surface area contributed by atoms with Crippen molar-refractivity contribution in [3.05, 3.63) is 72.1 Å². The van der Waals surface area contributed by atoms with E-state index in [2.05, 4.69) is 26.4 Å². The molecule has 0 bridgehead atoms. The molecule has 3 amide bonds. The van der Waals surface area contributed by atoms with E-state index in [1.54, 1.807) is 31.4 Å². The number of aromatic nitrogens is 1. The number of nitrogens with zero attached hydrogens (tertiary/aromatic N) is 1. The van der Waals surface area contributed by atoms with E-state index in [0.29, 0.717) is 34.5 Å². The number of rotatable bonds is 7. The molecule has 4 rings (SSSR count). The second kappa shape index (κ2) is 11.9. The summed E-state index contributed by atoms with van der Waals surface area (Å²) in [6.07, 6.45) is 6.16. The Morgan fingerprint density at radius 2 is 1.68 bits per heavy atom.